The molecule has 25 heavy (non-hydrogen) atoms. The van der Waals surface area contributed by atoms with Gasteiger partial charge < -0.3 is 10.1 Å². The Morgan fingerprint density at radius 2 is 2.16 bits per heavy atom. The van der Waals surface area contributed by atoms with Gasteiger partial charge in [0, 0.05) is 11.0 Å². The molecule has 0 amide bonds. The predicted molar refractivity (Wildman–Crippen MR) is 107 cm³/mol. The molecule has 2 aliphatic heterocycles. The fourth-order valence-corrected chi connectivity index (χ4v) is 4.80. The van der Waals surface area contributed by atoms with E-state index in [0.29, 0.717) is 6.61 Å². The van der Waals surface area contributed by atoms with Gasteiger partial charge in [-0.15, -0.1) is 0 Å². The number of ether oxygens (including phenoxy) is 1. The number of para-hydroxylation sites is 1. The van der Waals surface area contributed by atoms with Gasteiger partial charge in [0.2, 0.25) is 0 Å². The van der Waals surface area contributed by atoms with E-state index in [1.807, 2.05) is 0 Å². The van der Waals surface area contributed by atoms with Crippen LogP contribution >= 0.6 is 23.1 Å². The fourth-order valence-electron chi connectivity index (χ4n) is 2.76. The molecule has 0 aliphatic carbocycles. The number of nitrogens with one attached hydrogen (secondary N) is 1. The van der Waals surface area contributed by atoms with Crippen LogP contribution < -0.4 is 14.6 Å². The quantitative estimate of drug-likeness (QED) is 0.602. The first-order valence-electron chi connectivity index (χ1n) is 8.30. The summed E-state index contributed by atoms with van der Waals surface area (Å²) in [4.78, 5) is 2.47. The molecule has 0 spiro atoms. The van der Waals surface area contributed by atoms with Crippen molar-refractivity contribution in [2.24, 2.45) is 0 Å². The van der Waals surface area contributed by atoms with Crippen molar-refractivity contribution in [3.8, 4) is 5.88 Å². The number of thiazole rings is 1. The average molecular weight is 368 g/mol. The van der Waals surface area contributed by atoms with Gasteiger partial charge >= 0.3 is 5.88 Å². The number of hydrogen-bond donors (Lipinski definition) is 1. The van der Waals surface area contributed by atoms with Crippen molar-refractivity contribution >= 4 is 40.9 Å². The lowest BCUT2D eigenvalue weighted by molar-refractivity contribution is -0.695. The van der Waals surface area contributed by atoms with Crippen LogP contribution in [0.4, 0.5) is 5.69 Å². The zero-order chi connectivity index (χ0) is 17.1. The summed E-state index contributed by atoms with van der Waals surface area (Å²) in [7, 11) is 0. The zero-order valence-corrected chi connectivity index (χ0v) is 15.6. The molecule has 3 nitrogen and oxygen atoms in total. The molecular weight excluding hydrogens is 348 g/mol. The van der Waals surface area contributed by atoms with Crippen molar-refractivity contribution in [1.82, 2.24) is 0 Å². The highest BCUT2D eigenvalue weighted by Crippen LogP contribution is 2.40. The van der Waals surface area contributed by atoms with E-state index in [9.17, 15) is 0 Å². The molecule has 0 radical (unpaired) electrons. The highest BCUT2D eigenvalue weighted by molar-refractivity contribution is 8.03. The topological polar surface area (TPSA) is 25.1 Å². The molecule has 0 fully saturated rings. The minimum absolute atomic E-state index is 0.660. The second-order valence-electron chi connectivity index (χ2n) is 5.57. The molecule has 0 atom stereocenters. The molecular formula is C20H19N2OS2+. The molecule has 2 aromatic rings. The normalized spacial score (nSPS) is 17.1. The summed E-state index contributed by atoms with van der Waals surface area (Å²) in [6, 6.07) is 8.36. The van der Waals surface area contributed by atoms with E-state index in [1.54, 1.807) is 23.1 Å². The monoisotopic (exact) mass is 367 g/mol. The Hall–Kier alpha value is -2.24. The lowest BCUT2D eigenvalue weighted by Crippen LogP contribution is -2.35. The van der Waals surface area contributed by atoms with Crippen LogP contribution in [0.5, 0.6) is 5.88 Å². The van der Waals surface area contributed by atoms with Gasteiger partial charge in [-0.2, -0.15) is 4.57 Å². The third-order valence-electron chi connectivity index (χ3n) is 3.91. The van der Waals surface area contributed by atoms with Crippen LogP contribution in [0.3, 0.4) is 0 Å². The number of benzene rings is 1. The van der Waals surface area contributed by atoms with Crippen molar-refractivity contribution in [1.29, 1.82) is 0 Å². The van der Waals surface area contributed by atoms with Crippen molar-refractivity contribution in [2.45, 2.75) is 18.4 Å². The Morgan fingerprint density at radius 1 is 1.24 bits per heavy atom. The predicted octanol–water partition coefficient (Wildman–Crippen LogP) is 5.09. The van der Waals surface area contributed by atoms with Crippen molar-refractivity contribution in [2.75, 3.05) is 11.9 Å². The number of anilines is 1. The highest BCUT2D eigenvalue weighted by Gasteiger charge is 2.25. The summed E-state index contributed by atoms with van der Waals surface area (Å²) in [6.07, 6.45) is 14.7. The third-order valence-corrected chi connectivity index (χ3v) is 6.04. The Balaban J connectivity index is 1.44. The lowest BCUT2D eigenvalue weighted by Gasteiger charge is -2.03. The van der Waals surface area contributed by atoms with E-state index in [2.05, 4.69) is 83.6 Å². The van der Waals surface area contributed by atoms with E-state index in [1.165, 1.54) is 20.5 Å². The number of nitrogens with zero attached hydrogens (tertiary/aromatic N) is 1. The van der Waals surface area contributed by atoms with Crippen molar-refractivity contribution in [3.63, 3.8) is 0 Å². The largest absolute Gasteiger partial charge is 0.439 e. The number of hydrogen-bond acceptors (Lipinski definition) is 4. The molecule has 126 valence electrons. The van der Waals surface area contributed by atoms with Crippen LogP contribution in [-0.4, -0.2) is 6.61 Å². The van der Waals surface area contributed by atoms with E-state index in [-0.39, 0.29) is 0 Å². The number of allylic oxidation sites excluding steroid dienone is 4. The molecule has 5 heteroatoms. The zero-order valence-electron chi connectivity index (χ0n) is 13.9. The molecule has 1 aromatic heterocycles. The van der Waals surface area contributed by atoms with Gasteiger partial charge in [0.15, 0.2) is 6.54 Å². The van der Waals surface area contributed by atoms with Gasteiger partial charge in [0.25, 0.3) is 5.01 Å². The van der Waals surface area contributed by atoms with Gasteiger partial charge in [-0.1, -0.05) is 53.5 Å². The summed E-state index contributed by atoms with van der Waals surface area (Å²) in [5, 5.41) is 5.77. The van der Waals surface area contributed by atoms with Crippen LogP contribution in [-0.2, 0) is 6.54 Å². The Kier molecular flexibility index (Phi) is 4.76. The molecule has 0 bridgehead atoms. The average Bonchev–Trinajstić information content (AvgIpc) is 3.21. The lowest BCUT2D eigenvalue weighted by atomic mass is 10.3. The maximum absolute atomic E-state index is 5.77. The van der Waals surface area contributed by atoms with Gasteiger partial charge in [0.1, 0.15) is 11.5 Å². The Bertz CT molecular complexity index is 879. The van der Waals surface area contributed by atoms with E-state index >= 15 is 0 Å². The summed E-state index contributed by atoms with van der Waals surface area (Å²) < 4.78 is 7.99. The van der Waals surface area contributed by atoms with Gasteiger partial charge in [-0.25, -0.2) is 0 Å². The first kappa shape index (κ1) is 16.2. The van der Waals surface area contributed by atoms with Crippen LogP contribution in [0.25, 0.3) is 12.2 Å². The third kappa shape index (κ3) is 3.43. The van der Waals surface area contributed by atoms with Gasteiger partial charge in [0.05, 0.1) is 10.7 Å². The van der Waals surface area contributed by atoms with Crippen molar-refractivity contribution in [3.05, 3.63) is 69.6 Å². The van der Waals surface area contributed by atoms with Gasteiger partial charge in [-0.3, -0.25) is 0 Å². The number of thioether (sulfide) groups is 1. The molecule has 2 aliphatic rings. The summed E-state index contributed by atoms with van der Waals surface area (Å²) >= 11 is 3.52. The molecule has 3 heterocycles. The molecule has 0 saturated heterocycles. The number of fused-ring (bicyclic) bond motifs is 2. The second kappa shape index (κ2) is 7.33. The molecule has 1 N–H and O–H groups in total. The minimum Gasteiger partial charge on any atom is -0.439 e. The SMILES string of the molecule is CC[n+]1c(C=CC=CC=C2Nc3ccccc3S2)sc2c1OCC=C2. The maximum atomic E-state index is 5.77. The van der Waals surface area contributed by atoms with Crippen LogP contribution in [0, 0.1) is 0 Å². The first-order valence-corrected chi connectivity index (χ1v) is 9.93. The summed E-state index contributed by atoms with van der Waals surface area (Å²) in [5.74, 6) is 0.991. The first-order chi connectivity index (χ1) is 12.3. The summed E-state index contributed by atoms with van der Waals surface area (Å²) in [6.45, 7) is 3.71. The number of rotatable bonds is 4. The molecule has 4 rings (SSSR count). The van der Waals surface area contributed by atoms with Crippen LogP contribution in [0.15, 0.2) is 64.6 Å². The van der Waals surface area contributed by atoms with E-state index < -0.39 is 0 Å². The molecule has 0 saturated carbocycles. The highest BCUT2D eigenvalue weighted by atomic mass is 32.2. The van der Waals surface area contributed by atoms with Crippen LogP contribution in [0.1, 0.15) is 16.8 Å². The number of aromatic nitrogens is 1. The molecule has 1 aromatic carbocycles. The summed E-state index contributed by atoms with van der Waals surface area (Å²) in [5.41, 5.74) is 1.18. The van der Waals surface area contributed by atoms with Crippen LogP contribution in [0.2, 0.25) is 0 Å². The minimum atomic E-state index is 0.660. The van der Waals surface area contributed by atoms with Gasteiger partial charge in [-0.05, 0) is 37.3 Å². The van der Waals surface area contributed by atoms with E-state index in [4.69, 9.17) is 4.74 Å². The standard InChI is InChI=1S/C20H18N2OS2/c1-2-22-19(25-17-11-8-14-23-20(17)22)13-5-3-4-12-18-21-15-9-6-7-10-16(15)24-18/h3-13H,2,14H2,1H3/p+1. The molecule has 0 unspecified atom stereocenters. The Morgan fingerprint density at radius 3 is 3.04 bits per heavy atom. The van der Waals surface area contributed by atoms with Crippen molar-refractivity contribution < 1.29 is 9.30 Å². The second-order valence-corrected chi connectivity index (χ2v) is 7.71. The fraction of sp³-hybridized carbons (Fsp3) is 0.150. The maximum Gasteiger partial charge on any atom is 0.387 e. The smallest absolute Gasteiger partial charge is 0.387 e. The van der Waals surface area contributed by atoms with E-state index in [0.717, 1.165) is 17.5 Å². The Labute approximate surface area is 156 Å².